The van der Waals surface area contributed by atoms with Crippen LogP contribution in [0.4, 0.5) is 0 Å². The summed E-state index contributed by atoms with van der Waals surface area (Å²) in [4.78, 5) is 22.6. The molecule has 0 aromatic carbocycles. The fourth-order valence-corrected chi connectivity index (χ4v) is 3.38. The molecule has 0 bridgehead atoms. The van der Waals surface area contributed by atoms with Crippen molar-refractivity contribution >= 4 is 26.8 Å². The van der Waals surface area contributed by atoms with Crippen molar-refractivity contribution in [3.63, 3.8) is 0 Å². The topological polar surface area (TPSA) is 83.5 Å². The van der Waals surface area contributed by atoms with E-state index in [4.69, 9.17) is 0 Å². The lowest BCUT2D eigenvalue weighted by Gasteiger charge is -2.33. The van der Waals surface area contributed by atoms with Gasteiger partial charge in [0.15, 0.2) is 0 Å². The third-order valence-corrected chi connectivity index (χ3v) is 5.04. The molecule has 1 aliphatic heterocycles. The molecule has 7 nitrogen and oxygen atoms in total. The number of amides is 1. The monoisotopic (exact) mass is 320 g/mol. The van der Waals surface area contributed by atoms with Gasteiger partial charge in [-0.1, -0.05) is 0 Å². The second-order valence-corrected chi connectivity index (χ2v) is 7.20. The van der Waals surface area contributed by atoms with Gasteiger partial charge in [-0.2, -0.15) is 4.31 Å². The molecule has 1 amide bonds. The summed E-state index contributed by atoms with van der Waals surface area (Å²) in [6, 6.07) is 3.65. The molecular weight excluding hydrogens is 304 g/mol. The average molecular weight is 320 g/mol. The molecule has 0 unspecified atom stereocenters. The zero-order chi connectivity index (χ0) is 15.7. The van der Waals surface area contributed by atoms with Crippen molar-refractivity contribution in [2.24, 2.45) is 0 Å². The van der Waals surface area contributed by atoms with Gasteiger partial charge >= 0.3 is 0 Å². The summed E-state index contributed by atoms with van der Waals surface area (Å²) in [7, 11) is -3.20. The highest BCUT2D eigenvalue weighted by molar-refractivity contribution is 7.88. The molecule has 3 rings (SSSR count). The lowest BCUT2D eigenvalue weighted by atomic mass is 10.1. The predicted octanol–water partition coefficient (Wildman–Crippen LogP) is 0.347. The fraction of sp³-hybridized carbons (Fsp3) is 0.357. The average Bonchev–Trinajstić information content (AvgIpc) is 2.53. The molecule has 0 spiro atoms. The van der Waals surface area contributed by atoms with E-state index in [1.54, 1.807) is 23.4 Å². The quantitative estimate of drug-likeness (QED) is 0.797. The van der Waals surface area contributed by atoms with Gasteiger partial charge in [0.25, 0.3) is 5.91 Å². The largest absolute Gasteiger partial charge is 0.336 e. The van der Waals surface area contributed by atoms with E-state index in [2.05, 4.69) is 9.97 Å². The van der Waals surface area contributed by atoms with Crippen molar-refractivity contribution in [2.45, 2.75) is 0 Å². The van der Waals surface area contributed by atoms with Crippen LogP contribution in [0.15, 0.2) is 30.7 Å². The van der Waals surface area contributed by atoms with E-state index in [0.29, 0.717) is 37.3 Å². The molecule has 3 heterocycles. The number of piperazine rings is 1. The Bertz CT molecular complexity index is 808. The number of rotatable bonds is 2. The number of carbonyl (C=O) groups excluding carboxylic acids is 1. The molecule has 1 fully saturated rings. The Morgan fingerprint density at radius 3 is 2.59 bits per heavy atom. The Morgan fingerprint density at radius 2 is 1.91 bits per heavy atom. The summed E-state index contributed by atoms with van der Waals surface area (Å²) in [5, 5.41) is 0.808. The van der Waals surface area contributed by atoms with E-state index in [1.165, 1.54) is 16.8 Å². The fourth-order valence-electron chi connectivity index (χ4n) is 2.55. The van der Waals surface area contributed by atoms with Crippen molar-refractivity contribution in [1.29, 1.82) is 0 Å². The molecular formula is C14H16N4O3S. The smallest absolute Gasteiger partial charge is 0.257 e. The van der Waals surface area contributed by atoms with Crippen molar-refractivity contribution in [3.05, 3.63) is 36.3 Å². The predicted molar refractivity (Wildman–Crippen MR) is 81.9 cm³/mol. The van der Waals surface area contributed by atoms with Crippen LogP contribution in [0.3, 0.4) is 0 Å². The molecule has 0 saturated carbocycles. The first-order chi connectivity index (χ1) is 10.5. The Kier molecular flexibility index (Phi) is 3.79. The number of pyridine rings is 2. The van der Waals surface area contributed by atoms with Gasteiger partial charge in [-0.15, -0.1) is 0 Å². The third kappa shape index (κ3) is 2.79. The standard InChI is InChI=1S/C14H16N4O3S/c1-22(20,21)18-7-5-17(6-8-18)14(19)12-10-15-9-11-3-2-4-16-13(11)12/h2-4,9-10H,5-8H2,1H3. The Morgan fingerprint density at radius 1 is 1.18 bits per heavy atom. The van der Waals surface area contributed by atoms with Gasteiger partial charge in [-0.3, -0.25) is 14.8 Å². The molecule has 2 aromatic heterocycles. The molecule has 2 aromatic rings. The van der Waals surface area contributed by atoms with Crippen molar-refractivity contribution in [2.75, 3.05) is 32.4 Å². The third-order valence-electron chi connectivity index (χ3n) is 3.74. The van der Waals surface area contributed by atoms with Crippen LogP contribution >= 0.6 is 0 Å². The number of hydrogen-bond acceptors (Lipinski definition) is 5. The van der Waals surface area contributed by atoms with Crippen LogP contribution in [0, 0.1) is 0 Å². The van der Waals surface area contributed by atoms with Crippen LogP contribution in [0.5, 0.6) is 0 Å². The van der Waals surface area contributed by atoms with E-state index in [0.717, 1.165) is 5.39 Å². The van der Waals surface area contributed by atoms with Gasteiger partial charge in [-0.25, -0.2) is 8.42 Å². The Labute approximate surface area is 128 Å². The first-order valence-corrected chi connectivity index (χ1v) is 8.75. The minimum absolute atomic E-state index is 0.162. The summed E-state index contributed by atoms with van der Waals surface area (Å²) in [5.41, 5.74) is 1.07. The number of sulfonamides is 1. The van der Waals surface area contributed by atoms with Crippen LogP contribution in [-0.2, 0) is 10.0 Å². The molecule has 1 saturated heterocycles. The second-order valence-electron chi connectivity index (χ2n) is 5.22. The summed E-state index contributed by atoms with van der Waals surface area (Å²) in [5.74, 6) is -0.162. The molecule has 0 aliphatic carbocycles. The van der Waals surface area contributed by atoms with Crippen LogP contribution < -0.4 is 0 Å². The van der Waals surface area contributed by atoms with Crippen LogP contribution in [0.1, 0.15) is 10.4 Å². The number of hydrogen-bond donors (Lipinski definition) is 0. The van der Waals surface area contributed by atoms with Gasteiger partial charge in [0, 0.05) is 50.2 Å². The molecule has 8 heteroatoms. The minimum atomic E-state index is -3.20. The van der Waals surface area contributed by atoms with Gasteiger partial charge in [0.1, 0.15) is 0 Å². The number of nitrogens with zero attached hydrogens (tertiary/aromatic N) is 4. The molecule has 0 atom stereocenters. The minimum Gasteiger partial charge on any atom is -0.336 e. The van der Waals surface area contributed by atoms with Crippen LogP contribution in [-0.4, -0.2) is 65.9 Å². The first kappa shape index (κ1) is 14.9. The highest BCUT2D eigenvalue weighted by Gasteiger charge is 2.27. The van der Waals surface area contributed by atoms with Crippen molar-refractivity contribution in [1.82, 2.24) is 19.2 Å². The maximum absolute atomic E-state index is 12.6. The SMILES string of the molecule is CS(=O)(=O)N1CCN(C(=O)c2cncc3cccnc23)CC1. The van der Waals surface area contributed by atoms with Gasteiger partial charge in [0.2, 0.25) is 10.0 Å². The lowest BCUT2D eigenvalue weighted by molar-refractivity contribution is 0.0699. The maximum Gasteiger partial charge on any atom is 0.257 e. The number of aromatic nitrogens is 2. The second kappa shape index (κ2) is 5.62. The van der Waals surface area contributed by atoms with E-state index >= 15 is 0 Å². The van der Waals surface area contributed by atoms with Gasteiger partial charge < -0.3 is 4.90 Å². The van der Waals surface area contributed by atoms with E-state index in [-0.39, 0.29) is 5.91 Å². The summed E-state index contributed by atoms with van der Waals surface area (Å²) in [6.45, 7) is 1.37. The highest BCUT2D eigenvalue weighted by Crippen LogP contribution is 2.17. The van der Waals surface area contributed by atoms with E-state index in [1.807, 2.05) is 6.07 Å². The highest BCUT2D eigenvalue weighted by atomic mass is 32.2. The van der Waals surface area contributed by atoms with E-state index < -0.39 is 10.0 Å². The molecule has 0 radical (unpaired) electrons. The first-order valence-electron chi connectivity index (χ1n) is 6.90. The zero-order valence-corrected chi connectivity index (χ0v) is 13.0. The lowest BCUT2D eigenvalue weighted by Crippen LogP contribution is -2.50. The van der Waals surface area contributed by atoms with Crippen molar-refractivity contribution < 1.29 is 13.2 Å². The Balaban J connectivity index is 1.83. The Hall–Kier alpha value is -2.06. The van der Waals surface area contributed by atoms with Crippen LogP contribution in [0.2, 0.25) is 0 Å². The molecule has 0 N–H and O–H groups in total. The summed E-state index contributed by atoms with van der Waals surface area (Å²) >= 11 is 0. The molecule has 1 aliphatic rings. The van der Waals surface area contributed by atoms with Crippen molar-refractivity contribution in [3.8, 4) is 0 Å². The molecule has 22 heavy (non-hydrogen) atoms. The number of fused-ring (bicyclic) bond motifs is 1. The summed E-state index contributed by atoms with van der Waals surface area (Å²) < 4.78 is 24.4. The van der Waals surface area contributed by atoms with Crippen LogP contribution in [0.25, 0.3) is 10.9 Å². The van der Waals surface area contributed by atoms with E-state index in [9.17, 15) is 13.2 Å². The number of carbonyl (C=O) groups is 1. The maximum atomic E-state index is 12.6. The molecule has 116 valence electrons. The summed E-state index contributed by atoms with van der Waals surface area (Å²) in [6.07, 6.45) is 6.01. The van der Waals surface area contributed by atoms with Gasteiger partial charge in [-0.05, 0) is 12.1 Å². The zero-order valence-electron chi connectivity index (χ0n) is 12.1. The normalized spacial score (nSPS) is 16.9. The van der Waals surface area contributed by atoms with Gasteiger partial charge in [0.05, 0.1) is 17.3 Å².